The van der Waals surface area contributed by atoms with Crippen LogP contribution in [0.3, 0.4) is 0 Å². The van der Waals surface area contributed by atoms with Gasteiger partial charge in [0, 0.05) is 0 Å². The van der Waals surface area contributed by atoms with E-state index in [2.05, 4.69) is 9.47 Å². The van der Waals surface area contributed by atoms with Gasteiger partial charge in [0.05, 0.1) is 13.2 Å². The lowest BCUT2D eigenvalue weighted by atomic mass is 10.8. The Morgan fingerprint density at radius 1 is 1.17 bits per heavy atom. The highest BCUT2D eigenvalue weighted by Crippen LogP contribution is 2.05. The number of rotatable bonds is 4. The van der Waals surface area contributed by atoms with Gasteiger partial charge in [0.25, 0.3) is 0 Å². The summed E-state index contributed by atoms with van der Waals surface area (Å²) in [5.74, 6) is -0.372. The van der Waals surface area contributed by atoms with Crippen LogP contribution in [0.2, 0.25) is 0 Å². The van der Waals surface area contributed by atoms with E-state index in [0.717, 1.165) is 11.8 Å². The van der Waals surface area contributed by atoms with Crippen molar-refractivity contribution < 1.29 is 19.1 Å². The number of thioether (sulfide) groups is 1. The molecule has 0 saturated heterocycles. The molecule has 0 aromatic rings. The highest BCUT2D eigenvalue weighted by Gasteiger charge is 2.07. The molecule has 0 saturated carbocycles. The van der Waals surface area contributed by atoms with Gasteiger partial charge in [-0.1, -0.05) is 0 Å². The number of hydrogen-bond acceptors (Lipinski definition) is 5. The number of esters is 1. The van der Waals surface area contributed by atoms with Crippen molar-refractivity contribution in [3.63, 3.8) is 0 Å². The summed E-state index contributed by atoms with van der Waals surface area (Å²) in [6.07, 6.45) is 0. The van der Waals surface area contributed by atoms with Crippen molar-refractivity contribution in [3.8, 4) is 0 Å². The van der Waals surface area contributed by atoms with Gasteiger partial charge in [0.1, 0.15) is 5.75 Å². The van der Waals surface area contributed by atoms with E-state index in [1.54, 1.807) is 13.8 Å². The Bertz CT molecular complexity index is 139. The average Bonchev–Trinajstić information content (AvgIpc) is 2.02. The minimum absolute atomic E-state index is 0.0205. The molecule has 0 fully saturated rings. The van der Waals surface area contributed by atoms with Crippen molar-refractivity contribution in [3.05, 3.63) is 0 Å². The Kier molecular flexibility index (Phi) is 6.55. The van der Waals surface area contributed by atoms with Crippen molar-refractivity contribution in [2.75, 3.05) is 19.0 Å². The first-order chi connectivity index (χ1) is 5.70. The molecule has 0 aromatic carbocycles. The Balaban J connectivity index is 3.40. The van der Waals surface area contributed by atoms with E-state index in [1.807, 2.05) is 0 Å². The van der Waals surface area contributed by atoms with Gasteiger partial charge in [-0.3, -0.25) is 4.79 Å². The fraction of sp³-hybridized carbons (Fsp3) is 0.714. The minimum Gasteiger partial charge on any atom is -0.465 e. The average molecular weight is 192 g/mol. The third kappa shape index (κ3) is 6.03. The van der Waals surface area contributed by atoms with Crippen LogP contribution in [0.1, 0.15) is 13.8 Å². The molecule has 0 N–H and O–H groups in total. The predicted molar refractivity (Wildman–Crippen MR) is 46.1 cm³/mol. The summed E-state index contributed by atoms with van der Waals surface area (Å²) in [6, 6.07) is 0. The van der Waals surface area contributed by atoms with Crippen molar-refractivity contribution in [2.24, 2.45) is 0 Å². The van der Waals surface area contributed by atoms with Gasteiger partial charge in [-0.2, -0.15) is 0 Å². The van der Waals surface area contributed by atoms with Crippen LogP contribution in [-0.4, -0.2) is 30.2 Å². The summed E-state index contributed by atoms with van der Waals surface area (Å²) in [5.41, 5.74) is 0. The topological polar surface area (TPSA) is 52.6 Å². The Hall–Kier alpha value is -0.710. The fourth-order valence-corrected chi connectivity index (χ4v) is 1.00. The second-order valence-corrected chi connectivity index (χ2v) is 2.69. The van der Waals surface area contributed by atoms with Crippen molar-refractivity contribution in [2.45, 2.75) is 13.8 Å². The first-order valence-corrected chi connectivity index (χ1v) is 4.64. The molecule has 5 heteroatoms. The summed E-state index contributed by atoms with van der Waals surface area (Å²) in [7, 11) is 0. The highest BCUT2D eigenvalue weighted by molar-refractivity contribution is 8.13. The van der Waals surface area contributed by atoms with Gasteiger partial charge < -0.3 is 9.47 Å². The Morgan fingerprint density at radius 3 is 2.25 bits per heavy atom. The number of carbonyl (C=O) groups excluding carboxylic acids is 2. The third-order valence-electron chi connectivity index (χ3n) is 0.875. The summed E-state index contributed by atoms with van der Waals surface area (Å²) >= 11 is 0.813. The Morgan fingerprint density at radius 2 is 1.75 bits per heavy atom. The molecule has 0 unspecified atom stereocenters. The molecule has 0 bridgehead atoms. The lowest BCUT2D eigenvalue weighted by Gasteiger charge is -2.00. The van der Waals surface area contributed by atoms with Crippen molar-refractivity contribution in [1.82, 2.24) is 0 Å². The molecular formula is C7H12O4S. The van der Waals surface area contributed by atoms with Crippen molar-refractivity contribution >= 4 is 23.0 Å². The molecule has 0 aliphatic heterocycles. The lowest BCUT2D eigenvalue weighted by molar-refractivity contribution is -0.139. The number of hydrogen-bond donors (Lipinski definition) is 0. The first kappa shape index (κ1) is 11.3. The quantitative estimate of drug-likeness (QED) is 0.631. The molecule has 4 nitrogen and oxygen atoms in total. The standard InChI is InChI=1S/C7H12O4S/c1-3-10-6(8)5-12-7(9)11-4-2/h3-5H2,1-2H3. The smallest absolute Gasteiger partial charge is 0.367 e. The lowest BCUT2D eigenvalue weighted by Crippen LogP contribution is -2.09. The van der Waals surface area contributed by atoms with Crippen LogP contribution in [0.5, 0.6) is 0 Å². The molecule has 0 aromatic heterocycles. The van der Waals surface area contributed by atoms with Crippen LogP contribution < -0.4 is 0 Å². The van der Waals surface area contributed by atoms with Crippen LogP contribution in [-0.2, 0) is 14.3 Å². The predicted octanol–water partition coefficient (Wildman–Crippen LogP) is 1.44. The maximum absolute atomic E-state index is 10.7. The summed E-state index contributed by atoms with van der Waals surface area (Å²) in [4.78, 5) is 21.4. The molecule has 0 radical (unpaired) electrons. The second-order valence-electron chi connectivity index (χ2n) is 1.78. The van der Waals surface area contributed by atoms with Crippen LogP contribution in [0, 0.1) is 0 Å². The molecular weight excluding hydrogens is 180 g/mol. The largest absolute Gasteiger partial charge is 0.465 e. The van der Waals surface area contributed by atoms with E-state index in [4.69, 9.17) is 0 Å². The van der Waals surface area contributed by atoms with Gasteiger partial charge >= 0.3 is 11.3 Å². The summed E-state index contributed by atoms with van der Waals surface area (Å²) < 4.78 is 9.19. The number of carbonyl (C=O) groups is 2. The molecule has 0 atom stereocenters. The van der Waals surface area contributed by atoms with Crippen LogP contribution in [0.4, 0.5) is 4.79 Å². The molecule has 0 heterocycles. The monoisotopic (exact) mass is 192 g/mol. The minimum atomic E-state index is -0.439. The van der Waals surface area contributed by atoms with Crippen LogP contribution in [0.25, 0.3) is 0 Å². The van der Waals surface area contributed by atoms with E-state index in [1.165, 1.54) is 0 Å². The highest BCUT2D eigenvalue weighted by atomic mass is 32.2. The molecule has 0 spiro atoms. The van der Waals surface area contributed by atoms with Gasteiger partial charge in [-0.15, -0.1) is 0 Å². The maximum Gasteiger partial charge on any atom is 0.367 e. The summed E-state index contributed by atoms with van der Waals surface area (Å²) in [5, 5.41) is -0.439. The van der Waals surface area contributed by atoms with E-state index in [-0.39, 0.29) is 5.75 Å². The van der Waals surface area contributed by atoms with Crippen LogP contribution >= 0.6 is 11.8 Å². The molecule has 0 aliphatic carbocycles. The zero-order valence-corrected chi connectivity index (χ0v) is 7.98. The molecule has 0 rings (SSSR count). The second kappa shape index (κ2) is 6.97. The SMILES string of the molecule is CCOC(=O)CSC(=O)OCC. The normalized spacial score (nSPS) is 9.17. The van der Waals surface area contributed by atoms with Gasteiger partial charge in [-0.25, -0.2) is 4.79 Å². The van der Waals surface area contributed by atoms with Gasteiger partial charge in [0.2, 0.25) is 0 Å². The van der Waals surface area contributed by atoms with E-state index in [9.17, 15) is 9.59 Å². The van der Waals surface area contributed by atoms with E-state index >= 15 is 0 Å². The molecule has 0 amide bonds. The van der Waals surface area contributed by atoms with Crippen LogP contribution in [0.15, 0.2) is 0 Å². The third-order valence-corrected chi connectivity index (χ3v) is 1.61. The Labute approximate surface area is 75.6 Å². The maximum atomic E-state index is 10.7. The van der Waals surface area contributed by atoms with E-state index in [0.29, 0.717) is 13.2 Å². The van der Waals surface area contributed by atoms with E-state index < -0.39 is 11.3 Å². The fourth-order valence-electron chi connectivity index (χ4n) is 0.480. The molecule has 0 aliphatic rings. The van der Waals surface area contributed by atoms with Gasteiger partial charge in [-0.05, 0) is 25.6 Å². The zero-order valence-electron chi connectivity index (χ0n) is 7.16. The number of ether oxygens (including phenoxy) is 2. The first-order valence-electron chi connectivity index (χ1n) is 3.65. The van der Waals surface area contributed by atoms with Gasteiger partial charge in [0.15, 0.2) is 0 Å². The molecule has 12 heavy (non-hydrogen) atoms. The zero-order chi connectivity index (χ0) is 9.40. The van der Waals surface area contributed by atoms with Crippen molar-refractivity contribution in [1.29, 1.82) is 0 Å². The molecule has 70 valence electrons. The summed E-state index contributed by atoms with van der Waals surface area (Å²) in [6.45, 7) is 4.09.